The molecule has 0 unspecified atom stereocenters. The summed E-state index contributed by atoms with van der Waals surface area (Å²) in [6.45, 7) is 0.662. The van der Waals surface area contributed by atoms with Crippen molar-refractivity contribution in [2.75, 3.05) is 0 Å². The number of hydrogen-bond donors (Lipinski definition) is 2. The number of imidazole rings is 1. The van der Waals surface area contributed by atoms with Gasteiger partial charge in [0.25, 0.3) is 0 Å². The fourth-order valence-electron chi connectivity index (χ4n) is 5.51. The van der Waals surface area contributed by atoms with Gasteiger partial charge < -0.3 is 19.6 Å². The minimum absolute atomic E-state index is 0.0119. The van der Waals surface area contributed by atoms with E-state index >= 15 is 0 Å². The predicted octanol–water partition coefficient (Wildman–Crippen LogP) is 3.86. The van der Waals surface area contributed by atoms with Crippen molar-refractivity contribution in [1.29, 1.82) is 0 Å². The number of halogens is 2. The molecule has 5 rings (SSSR count). The van der Waals surface area contributed by atoms with Crippen LogP contribution in [-0.2, 0) is 30.2 Å². The number of nitrogens with zero attached hydrogens (tertiary/aromatic N) is 2. The van der Waals surface area contributed by atoms with E-state index in [9.17, 15) is 14.3 Å². The van der Waals surface area contributed by atoms with E-state index in [1.165, 1.54) is 6.07 Å². The van der Waals surface area contributed by atoms with Gasteiger partial charge in [-0.15, -0.1) is 0 Å². The molecule has 2 saturated carbocycles. The highest BCUT2D eigenvalue weighted by molar-refractivity contribution is 9.10. The summed E-state index contributed by atoms with van der Waals surface area (Å²) in [5.74, 6) is -0.000436. The first kappa shape index (κ1) is 20.4. The van der Waals surface area contributed by atoms with Gasteiger partial charge in [0.1, 0.15) is 5.82 Å². The number of aliphatic hydroxyl groups is 1. The Labute approximate surface area is 188 Å². The third-order valence-corrected chi connectivity index (χ3v) is 8.20. The maximum Gasteiger partial charge on any atom is 0.226 e. The molecular formula is C22H25BrFN3O2S. The van der Waals surface area contributed by atoms with Gasteiger partial charge in [-0.25, -0.2) is 4.39 Å². The molecule has 2 aliphatic carbocycles. The number of rotatable bonds is 4. The van der Waals surface area contributed by atoms with E-state index in [1.807, 2.05) is 17.7 Å². The van der Waals surface area contributed by atoms with Crippen LogP contribution in [0.25, 0.3) is 0 Å². The van der Waals surface area contributed by atoms with Gasteiger partial charge >= 0.3 is 0 Å². The first-order valence-corrected chi connectivity index (χ1v) is 11.7. The topological polar surface area (TPSA) is 59.2 Å². The summed E-state index contributed by atoms with van der Waals surface area (Å²) >= 11 is 9.13. The molecule has 0 bridgehead atoms. The van der Waals surface area contributed by atoms with E-state index in [0.29, 0.717) is 11.3 Å². The van der Waals surface area contributed by atoms with Gasteiger partial charge in [-0.05, 0) is 68.1 Å². The minimum atomic E-state index is -0.254. The number of hydrogen-bond acceptors (Lipinski definition) is 3. The maximum atomic E-state index is 14.7. The van der Waals surface area contributed by atoms with Gasteiger partial charge in [-0.3, -0.25) is 4.79 Å². The van der Waals surface area contributed by atoms with E-state index in [1.54, 1.807) is 6.07 Å². The Morgan fingerprint density at radius 1 is 1.37 bits per heavy atom. The van der Waals surface area contributed by atoms with Crippen LogP contribution in [0.2, 0.25) is 0 Å². The number of aliphatic hydroxyl groups excluding tert-OH is 1. The number of aromatic nitrogens is 2. The molecule has 2 aromatic rings. The summed E-state index contributed by atoms with van der Waals surface area (Å²) in [5, 5.41) is 12.8. The molecule has 160 valence electrons. The number of carbonyl (C=O) groups is 1. The molecule has 5 nitrogen and oxygen atoms in total. The molecule has 2 heterocycles. The summed E-state index contributed by atoms with van der Waals surface area (Å²) in [6.07, 6.45) is 4.01. The van der Waals surface area contributed by atoms with Crippen molar-refractivity contribution in [3.8, 4) is 0 Å². The lowest BCUT2D eigenvalue weighted by Gasteiger charge is -2.26. The Kier molecular flexibility index (Phi) is 4.95. The maximum absolute atomic E-state index is 14.7. The molecule has 8 heteroatoms. The van der Waals surface area contributed by atoms with Crippen molar-refractivity contribution >= 4 is 34.1 Å². The number of carbonyl (C=O) groups excluding carboxylic acids is 1. The fourth-order valence-corrected chi connectivity index (χ4v) is 6.15. The van der Waals surface area contributed by atoms with Crippen LogP contribution in [0.4, 0.5) is 4.39 Å². The molecule has 2 N–H and O–H groups in total. The van der Waals surface area contributed by atoms with Gasteiger partial charge in [0.05, 0.1) is 12.5 Å². The first-order chi connectivity index (χ1) is 14.3. The van der Waals surface area contributed by atoms with E-state index in [-0.39, 0.29) is 41.6 Å². The summed E-state index contributed by atoms with van der Waals surface area (Å²) < 4.78 is 20.3. The van der Waals surface area contributed by atoms with Gasteiger partial charge in [0.2, 0.25) is 5.91 Å². The van der Waals surface area contributed by atoms with Gasteiger partial charge in [0, 0.05) is 46.8 Å². The zero-order valence-electron chi connectivity index (χ0n) is 16.8. The molecule has 1 amide bonds. The van der Waals surface area contributed by atoms with Gasteiger partial charge in [0.15, 0.2) is 4.77 Å². The van der Waals surface area contributed by atoms with E-state index in [2.05, 4.69) is 25.8 Å². The second-order valence-electron chi connectivity index (χ2n) is 9.05. The average Bonchev–Trinajstić information content (AvgIpc) is 3.27. The highest BCUT2D eigenvalue weighted by Gasteiger charge is 2.63. The number of nitrogens with one attached hydrogen (secondary N) is 1. The van der Waals surface area contributed by atoms with Crippen molar-refractivity contribution in [2.45, 2.75) is 68.5 Å². The lowest BCUT2D eigenvalue weighted by molar-refractivity contribution is -0.121. The van der Waals surface area contributed by atoms with Crippen molar-refractivity contribution in [3.63, 3.8) is 0 Å². The molecule has 0 saturated heterocycles. The van der Waals surface area contributed by atoms with Crippen molar-refractivity contribution in [2.24, 2.45) is 7.05 Å². The predicted molar refractivity (Wildman–Crippen MR) is 117 cm³/mol. The second-order valence-corrected chi connectivity index (χ2v) is 10.3. The van der Waals surface area contributed by atoms with E-state index in [4.69, 9.17) is 12.2 Å². The van der Waals surface area contributed by atoms with Crippen LogP contribution in [0.1, 0.15) is 55.0 Å². The molecule has 1 aliphatic heterocycles. The van der Waals surface area contributed by atoms with Crippen molar-refractivity contribution < 1.29 is 14.3 Å². The zero-order chi connectivity index (χ0) is 21.2. The largest absolute Gasteiger partial charge is 0.393 e. The Morgan fingerprint density at radius 3 is 2.83 bits per heavy atom. The lowest BCUT2D eigenvalue weighted by atomic mass is 9.93. The minimum Gasteiger partial charge on any atom is -0.393 e. The quantitative estimate of drug-likeness (QED) is 0.635. The number of fused-ring (bicyclic) bond motifs is 3. The van der Waals surface area contributed by atoms with Crippen molar-refractivity contribution in [1.82, 2.24) is 14.5 Å². The van der Waals surface area contributed by atoms with Crippen molar-refractivity contribution in [3.05, 3.63) is 50.2 Å². The van der Waals surface area contributed by atoms with Crippen LogP contribution in [0.15, 0.2) is 22.7 Å². The lowest BCUT2D eigenvalue weighted by Crippen LogP contribution is -2.39. The number of amides is 1. The highest BCUT2D eigenvalue weighted by atomic mass is 79.9. The fraction of sp³-hybridized carbons (Fsp3) is 0.545. The molecule has 30 heavy (non-hydrogen) atoms. The van der Waals surface area contributed by atoms with Crippen LogP contribution >= 0.6 is 28.1 Å². The molecule has 1 aromatic carbocycles. The molecule has 1 aromatic heterocycles. The molecule has 0 radical (unpaired) electrons. The Balaban J connectivity index is 1.39. The summed E-state index contributed by atoms with van der Waals surface area (Å²) in [6, 6.07) is 5.25. The number of benzene rings is 1. The zero-order valence-corrected chi connectivity index (χ0v) is 19.2. The first-order valence-electron chi connectivity index (χ1n) is 10.5. The Hall–Kier alpha value is -1.51. The van der Waals surface area contributed by atoms with E-state index in [0.717, 1.165) is 53.5 Å². The summed E-state index contributed by atoms with van der Waals surface area (Å²) in [5.41, 5.74) is 2.51. The highest BCUT2D eigenvalue weighted by Crippen LogP contribution is 2.66. The van der Waals surface area contributed by atoms with Crippen LogP contribution < -0.4 is 5.32 Å². The summed E-state index contributed by atoms with van der Waals surface area (Å²) in [7, 11) is 1.91. The Bertz CT molecular complexity index is 1090. The molecular weight excluding hydrogens is 469 g/mol. The molecule has 2 fully saturated rings. The third kappa shape index (κ3) is 3.19. The van der Waals surface area contributed by atoms with Crippen LogP contribution in [-0.4, -0.2) is 32.3 Å². The van der Waals surface area contributed by atoms with Crippen LogP contribution in [0, 0.1) is 10.6 Å². The summed E-state index contributed by atoms with van der Waals surface area (Å²) in [4.78, 5) is 12.8. The standard InChI is InChI=1S/C22H25BrFN3O2S/c1-26-18(9-19(29)25-13-3-5-14(28)6-4-13)20-16-10-22(16,11-27(20)21(26)30)15-8-12(23)2-7-17(15)24/h2,7-8,13-14,16,28H,3-6,9-11H2,1H3,(H,25,29)/t13-,14-,16-,22+/m0/s1. The molecule has 3 aliphatic rings. The normalized spacial score (nSPS) is 29.4. The SMILES string of the molecule is Cn1c(CC(=O)N[C@H]2CC[C@H](O)CC2)c2n(c1=S)C[C@@]1(c3cc(Br)ccc3F)C[C@@H]21. The molecule has 2 atom stereocenters. The second kappa shape index (κ2) is 7.28. The third-order valence-electron chi connectivity index (χ3n) is 7.21. The van der Waals surface area contributed by atoms with Crippen LogP contribution in [0.5, 0.6) is 0 Å². The molecule has 0 spiro atoms. The van der Waals surface area contributed by atoms with Gasteiger partial charge in [-0.2, -0.15) is 0 Å². The van der Waals surface area contributed by atoms with E-state index < -0.39 is 0 Å². The Morgan fingerprint density at radius 2 is 2.10 bits per heavy atom. The van der Waals surface area contributed by atoms with Crippen LogP contribution in [0.3, 0.4) is 0 Å². The smallest absolute Gasteiger partial charge is 0.226 e. The average molecular weight is 494 g/mol. The monoisotopic (exact) mass is 493 g/mol. The van der Waals surface area contributed by atoms with Gasteiger partial charge in [-0.1, -0.05) is 15.9 Å².